The first-order valence-electron chi connectivity index (χ1n) is 13.9. The van der Waals surface area contributed by atoms with Crippen LogP contribution in [0.25, 0.3) is 15.7 Å². The van der Waals surface area contributed by atoms with Crippen LogP contribution in [0, 0.1) is 18.3 Å². The molecule has 6 rings (SSSR count). The summed E-state index contributed by atoms with van der Waals surface area (Å²) in [4.78, 5) is 51.0. The zero-order valence-electron chi connectivity index (χ0n) is 22.5. The summed E-state index contributed by atoms with van der Waals surface area (Å²) >= 11 is 0. The van der Waals surface area contributed by atoms with Gasteiger partial charge in [0, 0.05) is 30.2 Å². The number of rotatable bonds is 5. The Bertz CT molecular complexity index is 1540. The molecule has 1 spiro atoms. The average molecular weight is 542 g/mol. The van der Waals surface area contributed by atoms with Gasteiger partial charge in [-0.05, 0) is 42.2 Å². The first kappa shape index (κ1) is 26.1. The second kappa shape index (κ2) is 10.1. The molecule has 0 unspecified atom stereocenters. The van der Waals surface area contributed by atoms with E-state index in [4.69, 9.17) is 6.57 Å². The van der Waals surface area contributed by atoms with Gasteiger partial charge in [-0.15, -0.1) is 0 Å². The second-order valence-electron chi connectivity index (χ2n) is 11.4. The summed E-state index contributed by atoms with van der Waals surface area (Å²) in [7, 11) is 1.60. The van der Waals surface area contributed by atoms with Crippen molar-refractivity contribution in [3.8, 4) is 0 Å². The third-order valence-electron chi connectivity index (χ3n) is 9.08. The number of benzene rings is 2. The van der Waals surface area contributed by atoms with Crippen molar-refractivity contribution in [1.29, 1.82) is 0 Å². The topological polar surface area (TPSA) is 89.9 Å². The molecule has 3 heterocycles. The highest BCUT2D eigenvalue weighted by atomic mass is 19.1. The Morgan fingerprint density at radius 2 is 1.95 bits per heavy atom. The summed E-state index contributed by atoms with van der Waals surface area (Å²) in [5, 5.41) is 3.24. The van der Waals surface area contributed by atoms with Crippen molar-refractivity contribution < 1.29 is 18.8 Å². The van der Waals surface area contributed by atoms with Crippen molar-refractivity contribution in [2.75, 3.05) is 18.9 Å². The molecule has 0 radical (unpaired) electrons. The minimum atomic E-state index is -0.992. The predicted octanol–water partition coefficient (Wildman–Crippen LogP) is 5.09. The van der Waals surface area contributed by atoms with Crippen molar-refractivity contribution in [1.82, 2.24) is 14.8 Å². The number of carbonyl (C=O) groups excluding carboxylic acids is 3. The van der Waals surface area contributed by atoms with Crippen molar-refractivity contribution in [3.05, 3.63) is 77.0 Å². The first-order valence-corrected chi connectivity index (χ1v) is 13.9. The summed E-state index contributed by atoms with van der Waals surface area (Å²) in [6.45, 7) is 7.99. The second-order valence-corrected chi connectivity index (χ2v) is 11.4. The van der Waals surface area contributed by atoms with Crippen molar-refractivity contribution in [2.24, 2.45) is 5.92 Å². The van der Waals surface area contributed by atoms with Gasteiger partial charge in [-0.3, -0.25) is 24.1 Å². The van der Waals surface area contributed by atoms with E-state index in [1.54, 1.807) is 19.2 Å². The maximum absolute atomic E-state index is 14.4. The molecule has 3 atom stereocenters. The molecular weight excluding hydrogens is 509 g/mol. The predicted molar refractivity (Wildman–Crippen MR) is 149 cm³/mol. The maximum atomic E-state index is 14.4. The molecule has 3 aromatic rings. The summed E-state index contributed by atoms with van der Waals surface area (Å²) in [5.41, 5.74) is 1.23. The van der Waals surface area contributed by atoms with Gasteiger partial charge in [0.2, 0.25) is 5.91 Å². The van der Waals surface area contributed by atoms with Gasteiger partial charge in [-0.2, -0.15) is 0 Å². The number of aromatic nitrogens is 1. The summed E-state index contributed by atoms with van der Waals surface area (Å²) < 4.78 is 14.4. The molecule has 2 N–H and O–H groups in total. The third-order valence-corrected chi connectivity index (χ3v) is 9.08. The number of likely N-dealkylation sites (tertiary alicyclic amines) is 1. The zero-order valence-corrected chi connectivity index (χ0v) is 22.5. The number of para-hydroxylation sites is 1. The van der Waals surface area contributed by atoms with Crippen LogP contribution in [0.3, 0.4) is 0 Å². The normalized spacial score (nSPS) is 23.2. The number of amides is 3. The van der Waals surface area contributed by atoms with E-state index in [1.807, 2.05) is 24.3 Å². The van der Waals surface area contributed by atoms with Gasteiger partial charge in [-0.25, -0.2) is 11.0 Å². The van der Waals surface area contributed by atoms with Crippen LogP contribution in [-0.2, 0) is 15.0 Å². The molecule has 3 amide bonds. The molecule has 2 fully saturated rings. The molecule has 3 aliphatic rings. The molecule has 1 saturated carbocycles. The monoisotopic (exact) mass is 541 g/mol. The number of hydrogen-bond acceptors (Lipinski definition) is 3. The minimum Gasteiger partial charge on any atom is -0.350 e. The van der Waals surface area contributed by atoms with Crippen LogP contribution < -0.4 is 5.32 Å². The van der Waals surface area contributed by atoms with Gasteiger partial charge in [0.25, 0.3) is 11.8 Å². The van der Waals surface area contributed by atoms with E-state index >= 15 is 0 Å². The molecular formula is C31H32FN5O3. The first-order chi connectivity index (χ1) is 19.3. The Hall–Kier alpha value is -4.19. The van der Waals surface area contributed by atoms with E-state index in [-0.39, 0.29) is 36.4 Å². The molecule has 1 saturated heterocycles. The Morgan fingerprint density at radius 1 is 1.18 bits per heavy atom. The molecule has 1 aliphatic carbocycles. The van der Waals surface area contributed by atoms with Crippen LogP contribution in [0.1, 0.15) is 61.0 Å². The Balaban J connectivity index is 1.33. The Kier molecular flexibility index (Phi) is 6.57. The molecule has 1 aromatic heterocycles. The lowest BCUT2D eigenvalue weighted by molar-refractivity contribution is -0.137. The van der Waals surface area contributed by atoms with Crippen LogP contribution in [0.2, 0.25) is 0 Å². The molecule has 40 heavy (non-hydrogen) atoms. The Labute approximate surface area is 232 Å². The van der Waals surface area contributed by atoms with E-state index in [0.29, 0.717) is 23.0 Å². The van der Waals surface area contributed by atoms with Crippen LogP contribution in [0.5, 0.6) is 0 Å². The van der Waals surface area contributed by atoms with Gasteiger partial charge < -0.3 is 15.2 Å². The van der Waals surface area contributed by atoms with Crippen LogP contribution in [-0.4, -0.2) is 58.3 Å². The third kappa shape index (κ3) is 4.23. The van der Waals surface area contributed by atoms with E-state index in [2.05, 4.69) is 15.1 Å². The SMILES string of the molecule is [C-]#[N+][C@@H]1C[C@@]2(CN1C(=O)[C@H](CC1CCCCC1)N(C)C(=O)c1cc3c(F)cccc3[nH]1)C(=O)Nc1ccccc12. The molecule has 8 nitrogen and oxygen atoms in total. The van der Waals surface area contributed by atoms with E-state index < -0.39 is 29.3 Å². The average Bonchev–Trinajstić information content (AvgIpc) is 3.66. The number of anilines is 1. The lowest BCUT2D eigenvalue weighted by Crippen LogP contribution is -2.52. The van der Waals surface area contributed by atoms with Crippen LogP contribution >= 0.6 is 0 Å². The number of H-pyrrole nitrogens is 1. The summed E-state index contributed by atoms with van der Waals surface area (Å²) in [5.74, 6) is -1.09. The zero-order chi connectivity index (χ0) is 28.0. The van der Waals surface area contributed by atoms with E-state index in [9.17, 15) is 18.8 Å². The standard InChI is InChI=1S/C31H32FN5O3/c1-33-27-17-31(21-11-6-7-13-24(21)35-30(31)40)18-37(27)29(39)26(15-19-9-4-3-5-10-19)36(2)28(38)25-16-20-22(32)12-8-14-23(20)34-25/h6-8,11-14,16,19,26-27,34H,3-5,9-10,15,17-18H2,2H3,(H,35,40)/t26-,27-,31-/m0/s1. The number of aromatic amines is 1. The van der Waals surface area contributed by atoms with Crippen LogP contribution in [0.4, 0.5) is 10.1 Å². The summed E-state index contributed by atoms with van der Waals surface area (Å²) in [6, 6.07) is 12.7. The fourth-order valence-corrected chi connectivity index (χ4v) is 6.88. The number of fused-ring (bicyclic) bond motifs is 3. The number of nitrogens with zero attached hydrogens (tertiary/aromatic N) is 3. The largest absolute Gasteiger partial charge is 0.350 e. The van der Waals surface area contributed by atoms with Gasteiger partial charge in [-0.1, -0.05) is 56.4 Å². The highest BCUT2D eigenvalue weighted by Crippen LogP contribution is 2.47. The van der Waals surface area contributed by atoms with Crippen molar-refractivity contribution in [2.45, 2.75) is 62.6 Å². The number of halogens is 1. The number of likely N-dealkylation sites (N-methyl/N-ethyl adjacent to an activating group) is 1. The minimum absolute atomic E-state index is 0.0858. The fourth-order valence-electron chi connectivity index (χ4n) is 6.88. The molecule has 9 heteroatoms. The van der Waals surface area contributed by atoms with Crippen LogP contribution in [0.15, 0.2) is 48.5 Å². The molecule has 2 aromatic carbocycles. The highest BCUT2D eigenvalue weighted by molar-refractivity contribution is 6.07. The Morgan fingerprint density at radius 3 is 2.70 bits per heavy atom. The van der Waals surface area contributed by atoms with Gasteiger partial charge in [0.1, 0.15) is 23.0 Å². The number of carbonyl (C=O) groups is 3. The molecule has 2 aliphatic heterocycles. The lowest BCUT2D eigenvalue weighted by atomic mass is 9.80. The van der Waals surface area contributed by atoms with E-state index in [0.717, 1.165) is 37.7 Å². The maximum Gasteiger partial charge on any atom is 0.302 e. The lowest BCUT2D eigenvalue weighted by Gasteiger charge is -2.34. The van der Waals surface area contributed by atoms with E-state index in [1.165, 1.54) is 21.9 Å². The fraction of sp³-hybridized carbons (Fsp3) is 0.419. The molecule has 0 bridgehead atoms. The number of nitrogens with one attached hydrogen (secondary N) is 2. The number of hydrogen-bond donors (Lipinski definition) is 2. The van der Waals surface area contributed by atoms with Gasteiger partial charge in [0.05, 0.1) is 6.42 Å². The molecule has 206 valence electrons. The highest BCUT2D eigenvalue weighted by Gasteiger charge is 2.59. The quantitative estimate of drug-likeness (QED) is 0.441. The van der Waals surface area contributed by atoms with Gasteiger partial charge >= 0.3 is 6.17 Å². The van der Waals surface area contributed by atoms with Gasteiger partial charge in [0.15, 0.2) is 0 Å². The van der Waals surface area contributed by atoms with Crippen molar-refractivity contribution in [3.63, 3.8) is 0 Å². The smallest absolute Gasteiger partial charge is 0.302 e. The summed E-state index contributed by atoms with van der Waals surface area (Å²) in [6.07, 6.45) is 5.16. The van der Waals surface area contributed by atoms with Crippen molar-refractivity contribution >= 4 is 34.3 Å².